The first-order valence-corrected chi connectivity index (χ1v) is 7.85. The summed E-state index contributed by atoms with van der Waals surface area (Å²) in [5.74, 6) is -2.23. The Morgan fingerprint density at radius 1 is 1.19 bits per heavy atom. The summed E-state index contributed by atoms with van der Waals surface area (Å²) in [6, 6.07) is 14.6. The summed E-state index contributed by atoms with van der Waals surface area (Å²) in [6.07, 6.45) is 0.181. The molecule has 1 N–H and O–H groups in total. The third-order valence-corrected chi connectivity index (χ3v) is 3.51. The van der Waals surface area contributed by atoms with Crippen LogP contribution in [0.5, 0.6) is 0 Å². The zero-order chi connectivity index (χ0) is 19.1. The van der Waals surface area contributed by atoms with Crippen LogP contribution in [-0.2, 0) is 14.3 Å². The molecule has 0 radical (unpaired) electrons. The van der Waals surface area contributed by atoms with Crippen LogP contribution in [0.15, 0.2) is 54.1 Å². The van der Waals surface area contributed by atoms with E-state index in [1.54, 1.807) is 24.3 Å². The van der Waals surface area contributed by atoms with Gasteiger partial charge in [0.25, 0.3) is 5.91 Å². The maximum Gasteiger partial charge on any atom is 0.349 e. The van der Waals surface area contributed by atoms with Gasteiger partial charge >= 0.3 is 5.97 Å². The Labute approximate surface area is 150 Å². The molecule has 0 bridgehead atoms. The Hall–Kier alpha value is -3.46. The number of hydrogen-bond acceptors (Lipinski definition) is 4. The molecule has 0 aromatic heterocycles. The third kappa shape index (κ3) is 5.02. The molecule has 0 heterocycles. The molecule has 2 aromatic rings. The number of halogens is 1. The monoisotopic (exact) mass is 352 g/mol. The van der Waals surface area contributed by atoms with Gasteiger partial charge < -0.3 is 10.1 Å². The highest BCUT2D eigenvalue weighted by Crippen LogP contribution is 2.14. The van der Waals surface area contributed by atoms with Gasteiger partial charge in [-0.2, -0.15) is 5.26 Å². The summed E-state index contributed by atoms with van der Waals surface area (Å²) in [5.41, 5.74) is 1.45. The van der Waals surface area contributed by atoms with Crippen molar-refractivity contribution in [1.82, 2.24) is 0 Å². The molecule has 0 aliphatic heterocycles. The van der Waals surface area contributed by atoms with Crippen LogP contribution in [0.4, 0.5) is 10.1 Å². The van der Waals surface area contributed by atoms with Gasteiger partial charge in [0.1, 0.15) is 17.5 Å². The quantitative estimate of drug-likeness (QED) is 0.506. The molecule has 0 unspecified atom stereocenters. The highest BCUT2D eigenvalue weighted by atomic mass is 19.1. The first-order chi connectivity index (χ1) is 12.4. The Kier molecular flexibility index (Phi) is 6.23. The lowest BCUT2D eigenvalue weighted by Gasteiger charge is -2.13. The maximum absolute atomic E-state index is 13.6. The van der Waals surface area contributed by atoms with Gasteiger partial charge in [-0.05, 0) is 37.6 Å². The molecule has 2 rings (SSSR count). The van der Waals surface area contributed by atoms with E-state index in [1.165, 1.54) is 31.2 Å². The molecule has 1 amide bonds. The normalized spacial score (nSPS) is 12.0. The number of carbonyl (C=O) groups is 2. The fraction of sp³-hybridized carbons (Fsp3) is 0.150. The average Bonchev–Trinajstić information content (AvgIpc) is 2.62. The van der Waals surface area contributed by atoms with Crippen molar-refractivity contribution in [3.8, 4) is 6.07 Å². The number of aryl methyl sites for hydroxylation is 1. The summed E-state index contributed by atoms with van der Waals surface area (Å²) >= 11 is 0. The highest BCUT2D eigenvalue weighted by Gasteiger charge is 2.21. The predicted octanol–water partition coefficient (Wildman–Crippen LogP) is 3.61. The minimum atomic E-state index is -1.20. The van der Waals surface area contributed by atoms with E-state index < -0.39 is 23.8 Å². The molecule has 0 saturated carbocycles. The maximum atomic E-state index is 13.6. The van der Waals surface area contributed by atoms with Crippen LogP contribution in [0.1, 0.15) is 18.1 Å². The molecule has 6 heteroatoms. The van der Waals surface area contributed by atoms with Crippen LogP contribution in [-0.4, -0.2) is 18.0 Å². The zero-order valence-corrected chi connectivity index (χ0v) is 14.3. The zero-order valence-electron chi connectivity index (χ0n) is 14.3. The van der Waals surface area contributed by atoms with Crippen LogP contribution in [0.2, 0.25) is 0 Å². The first kappa shape index (κ1) is 18.9. The van der Waals surface area contributed by atoms with Gasteiger partial charge in [-0.15, -0.1) is 0 Å². The molecule has 0 aliphatic carbocycles. The Morgan fingerprint density at radius 3 is 2.46 bits per heavy atom. The number of para-hydroxylation sites is 1. The fourth-order valence-electron chi connectivity index (χ4n) is 2.04. The molecule has 0 aliphatic rings. The van der Waals surface area contributed by atoms with Gasteiger partial charge in [0.15, 0.2) is 6.10 Å². The van der Waals surface area contributed by atoms with Crippen molar-refractivity contribution in [2.24, 2.45) is 0 Å². The second-order valence-electron chi connectivity index (χ2n) is 5.60. The molecular formula is C20H17FN2O3. The van der Waals surface area contributed by atoms with Crippen LogP contribution in [0.3, 0.4) is 0 Å². The van der Waals surface area contributed by atoms with Crippen LogP contribution in [0.25, 0.3) is 6.08 Å². The number of esters is 1. The van der Waals surface area contributed by atoms with Gasteiger partial charge in [-0.1, -0.05) is 42.0 Å². The largest absolute Gasteiger partial charge is 0.448 e. The van der Waals surface area contributed by atoms with Gasteiger partial charge in [0, 0.05) is 0 Å². The number of benzene rings is 2. The minimum Gasteiger partial charge on any atom is -0.448 e. The minimum absolute atomic E-state index is 0.0175. The van der Waals surface area contributed by atoms with E-state index in [1.807, 2.05) is 19.1 Å². The molecule has 0 spiro atoms. The number of ether oxygens (including phenoxy) is 1. The van der Waals surface area contributed by atoms with Crippen molar-refractivity contribution in [3.05, 3.63) is 71.0 Å². The van der Waals surface area contributed by atoms with Gasteiger partial charge in [-0.25, -0.2) is 9.18 Å². The number of anilines is 1. The molecule has 1 atom stereocenters. The van der Waals surface area contributed by atoms with Crippen LogP contribution >= 0.6 is 0 Å². The fourth-order valence-corrected chi connectivity index (χ4v) is 2.04. The summed E-state index contributed by atoms with van der Waals surface area (Å²) in [5, 5.41) is 11.5. The number of nitriles is 1. The molecule has 0 saturated heterocycles. The van der Waals surface area contributed by atoms with E-state index in [0.29, 0.717) is 5.56 Å². The van der Waals surface area contributed by atoms with Crippen LogP contribution < -0.4 is 5.32 Å². The molecular weight excluding hydrogens is 335 g/mol. The van der Waals surface area contributed by atoms with E-state index in [0.717, 1.165) is 5.56 Å². The second-order valence-corrected chi connectivity index (χ2v) is 5.60. The SMILES string of the molecule is Cc1ccc(/C=C(\C#N)C(=O)O[C@H](C)C(=O)Nc2ccccc2F)cc1. The topological polar surface area (TPSA) is 79.2 Å². The van der Waals surface area contributed by atoms with Crippen molar-refractivity contribution in [1.29, 1.82) is 5.26 Å². The average molecular weight is 352 g/mol. The Balaban J connectivity index is 2.04. The first-order valence-electron chi connectivity index (χ1n) is 7.85. The van der Waals surface area contributed by atoms with Crippen LogP contribution in [0, 0.1) is 24.1 Å². The second kappa shape index (κ2) is 8.58. The van der Waals surface area contributed by atoms with Gasteiger partial charge in [-0.3, -0.25) is 4.79 Å². The molecule has 5 nitrogen and oxygen atoms in total. The number of carbonyl (C=O) groups excluding carboxylic acids is 2. The lowest BCUT2D eigenvalue weighted by molar-refractivity contribution is -0.148. The van der Waals surface area contributed by atoms with E-state index in [-0.39, 0.29) is 11.3 Å². The Bertz CT molecular complexity index is 883. The predicted molar refractivity (Wildman–Crippen MR) is 95.4 cm³/mol. The standard InChI is InChI=1S/C20H17FN2O3/c1-13-7-9-15(10-8-13)11-16(12-22)20(25)26-14(2)19(24)23-18-6-4-3-5-17(18)21/h3-11,14H,1-2H3,(H,23,24)/b16-11+/t14-/m1/s1. The number of amides is 1. The summed E-state index contributed by atoms with van der Waals surface area (Å²) in [4.78, 5) is 24.2. The number of nitrogens with one attached hydrogen (secondary N) is 1. The third-order valence-electron chi connectivity index (χ3n) is 3.51. The van der Waals surface area contributed by atoms with Crippen molar-refractivity contribution < 1.29 is 18.7 Å². The van der Waals surface area contributed by atoms with Crippen molar-refractivity contribution >= 4 is 23.6 Å². The van der Waals surface area contributed by atoms with Gasteiger partial charge in [0.05, 0.1) is 5.69 Å². The number of nitrogens with zero attached hydrogens (tertiary/aromatic N) is 1. The smallest absolute Gasteiger partial charge is 0.349 e. The Morgan fingerprint density at radius 2 is 1.85 bits per heavy atom. The molecule has 26 heavy (non-hydrogen) atoms. The summed E-state index contributed by atoms with van der Waals surface area (Å²) in [6.45, 7) is 3.26. The molecule has 0 fully saturated rings. The van der Waals surface area contributed by atoms with Crippen molar-refractivity contribution in [2.45, 2.75) is 20.0 Å². The summed E-state index contributed by atoms with van der Waals surface area (Å²) < 4.78 is 18.6. The van der Waals surface area contributed by atoms with Crippen molar-refractivity contribution in [2.75, 3.05) is 5.32 Å². The number of rotatable bonds is 5. The van der Waals surface area contributed by atoms with E-state index in [9.17, 15) is 14.0 Å². The lowest BCUT2D eigenvalue weighted by Crippen LogP contribution is -2.30. The highest BCUT2D eigenvalue weighted by molar-refractivity contribution is 6.01. The molecule has 132 valence electrons. The lowest BCUT2D eigenvalue weighted by atomic mass is 10.1. The summed E-state index contributed by atoms with van der Waals surface area (Å²) in [7, 11) is 0. The van der Waals surface area contributed by atoms with E-state index >= 15 is 0 Å². The molecule has 2 aromatic carbocycles. The van der Waals surface area contributed by atoms with E-state index in [4.69, 9.17) is 10.00 Å². The van der Waals surface area contributed by atoms with E-state index in [2.05, 4.69) is 5.32 Å². The van der Waals surface area contributed by atoms with Crippen molar-refractivity contribution in [3.63, 3.8) is 0 Å². The number of hydrogen-bond donors (Lipinski definition) is 1. The van der Waals surface area contributed by atoms with Gasteiger partial charge in [0.2, 0.25) is 0 Å².